The maximum Gasteiger partial charge on any atom is 0.307 e. The molecule has 4 aromatic rings. The number of carbonyl (C=O) groups is 2. The molecule has 5 nitrogen and oxygen atoms in total. The lowest BCUT2D eigenvalue weighted by Crippen LogP contribution is -2.13. The largest absolute Gasteiger partial charge is 0.481 e. The Balaban J connectivity index is 0.00000167. The number of pyridine rings is 1. The normalized spacial score (nSPS) is 10.1. The summed E-state index contributed by atoms with van der Waals surface area (Å²) in [6.45, 7) is 4.00. The highest BCUT2D eigenvalue weighted by Gasteiger charge is 2.15. The third-order valence-electron chi connectivity index (χ3n) is 5.15. The minimum absolute atomic E-state index is 0.0715. The van der Waals surface area contributed by atoms with Crippen LogP contribution in [-0.4, -0.2) is 28.2 Å². The molecule has 0 aliphatic carbocycles. The summed E-state index contributed by atoms with van der Waals surface area (Å²) < 4.78 is 0. The Kier molecular flexibility index (Phi) is 9.21. The highest BCUT2D eigenvalue weighted by atomic mass is 32.2. The molecule has 2 N–H and O–H groups in total. The molecule has 3 aromatic carbocycles. The van der Waals surface area contributed by atoms with E-state index in [-0.39, 0.29) is 12.3 Å². The molecular formula is C29H28N2O3S. The average molecular weight is 485 g/mol. The number of hydrogen-bond acceptors (Lipinski definition) is 4. The van der Waals surface area contributed by atoms with E-state index in [0.717, 1.165) is 27.3 Å². The van der Waals surface area contributed by atoms with Crippen molar-refractivity contribution in [3.05, 3.63) is 102 Å². The second-order valence-corrected chi connectivity index (χ2v) is 8.31. The fourth-order valence-electron chi connectivity index (χ4n) is 3.60. The molecule has 1 heterocycles. The van der Waals surface area contributed by atoms with Gasteiger partial charge in [-0.1, -0.05) is 56.3 Å². The summed E-state index contributed by atoms with van der Waals surface area (Å²) >= 11 is 1.58. The quantitative estimate of drug-likeness (QED) is 0.275. The van der Waals surface area contributed by atoms with Gasteiger partial charge in [-0.05, 0) is 65.4 Å². The molecule has 0 fully saturated rings. The molecule has 0 radical (unpaired) electrons. The van der Waals surface area contributed by atoms with Crippen LogP contribution in [0.3, 0.4) is 0 Å². The molecule has 0 atom stereocenters. The molecule has 0 saturated heterocycles. The molecule has 0 bridgehead atoms. The zero-order valence-electron chi connectivity index (χ0n) is 20.0. The summed E-state index contributed by atoms with van der Waals surface area (Å²) in [6.07, 6.45) is 3.64. The minimum Gasteiger partial charge on any atom is -0.481 e. The van der Waals surface area contributed by atoms with Gasteiger partial charge in [0.15, 0.2) is 0 Å². The summed E-state index contributed by atoms with van der Waals surface area (Å²) in [5.41, 5.74) is 5.17. The number of carboxylic acid groups (broad SMARTS) is 1. The lowest BCUT2D eigenvalue weighted by molar-refractivity contribution is -0.136. The van der Waals surface area contributed by atoms with Gasteiger partial charge in [0, 0.05) is 27.9 Å². The SMILES string of the molecule is CC.CSc1ccc(C(=O)Nc2cccc(-c3ccccn3)c2)c(-c2cccc(CC(=O)O)c2)c1. The van der Waals surface area contributed by atoms with Gasteiger partial charge in [0.05, 0.1) is 12.1 Å². The predicted molar refractivity (Wildman–Crippen MR) is 144 cm³/mol. The highest BCUT2D eigenvalue weighted by Crippen LogP contribution is 2.30. The minimum atomic E-state index is -0.893. The zero-order chi connectivity index (χ0) is 25.2. The van der Waals surface area contributed by atoms with Gasteiger partial charge < -0.3 is 10.4 Å². The number of nitrogens with one attached hydrogen (secondary N) is 1. The number of nitrogens with zero attached hydrogens (tertiary/aromatic N) is 1. The fourth-order valence-corrected chi connectivity index (χ4v) is 4.04. The van der Waals surface area contributed by atoms with Crippen LogP contribution in [-0.2, 0) is 11.2 Å². The molecule has 178 valence electrons. The molecule has 35 heavy (non-hydrogen) atoms. The number of thioether (sulfide) groups is 1. The molecule has 0 unspecified atom stereocenters. The topological polar surface area (TPSA) is 79.3 Å². The van der Waals surface area contributed by atoms with Gasteiger partial charge in [-0.3, -0.25) is 14.6 Å². The highest BCUT2D eigenvalue weighted by molar-refractivity contribution is 7.98. The van der Waals surface area contributed by atoms with Crippen molar-refractivity contribution >= 4 is 29.3 Å². The van der Waals surface area contributed by atoms with Crippen molar-refractivity contribution in [2.24, 2.45) is 0 Å². The summed E-state index contributed by atoms with van der Waals surface area (Å²) in [5, 5.41) is 12.1. The van der Waals surface area contributed by atoms with Crippen LogP contribution in [0.5, 0.6) is 0 Å². The molecule has 0 aliphatic rings. The third-order valence-corrected chi connectivity index (χ3v) is 5.87. The third kappa shape index (κ3) is 6.80. The summed E-state index contributed by atoms with van der Waals surface area (Å²) in [7, 11) is 0. The number of benzene rings is 3. The maximum absolute atomic E-state index is 13.3. The Bertz CT molecular complexity index is 1310. The van der Waals surface area contributed by atoms with E-state index in [0.29, 0.717) is 16.8 Å². The Morgan fingerprint density at radius 1 is 0.886 bits per heavy atom. The number of aromatic nitrogens is 1. The number of rotatable bonds is 7. The van der Waals surface area contributed by atoms with E-state index in [1.54, 1.807) is 24.0 Å². The number of amides is 1. The first-order valence-electron chi connectivity index (χ1n) is 11.4. The number of aliphatic carboxylic acids is 1. The maximum atomic E-state index is 13.3. The number of anilines is 1. The van der Waals surface area contributed by atoms with Crippen LogP contribution in [0.15, 0.2) is 96.0 Å². The standard InChI is InChI=1S/C27H22N2O3S.C2H6/c1-33-22-11-12-23(24(17-22)19-7-4-6-18(14-19)15-26(30)31)27(32)29-21-9-5-8-20(16-21)25-10-2-3-13-28-25;1-2/h2-14,16-17H,15H2,1H3,(H,29,32)(H,30,31);1-2H3. The van der Waals surface area contributed by atoms with Crippen LogP contribution >= 0.6 is 11.8 Å². The molecule has 1 amide bonds. The average Bonchev–Trinajstić information content (AvgIpc) is 2.90. The van der Waals surface area contributed by atoms with Gasteiger partial charge in [-0.25, -0.2) is 0 Å². The Hall–Kier alpha value is -3.90. The van der Waals surface area contributed by atoms with Crippen molar-refractivity contribution in [2.45, 2.75) is 25.2 Å². The van der Waals surface area contributed by atoms with Crippen molar-refractivity contribution in [3.63, 3.8) is 0 Å². The smallest absolute Gasteiger partial charge is 0.307 e. The van der Waals surface area contributed by atoms with Crippen LogP contribution in [0.2, 0.25) is 0 Å². The zero-order valence-corrected chi connectivity index (χ0v) is 20.8. The van der Waals surface area contributed by atoms with E-state index in [2.05, 4.69) is 10.3 Å². The van der Waals surface area contributed by atoms with Crippen LogP contribution in [0.4, 0.5) is 5.69 Å². The lowest BCUT2D eigenvalue weighted by Gasteiger charge is -2.13. The molecule has 0 spiro atoms. The van der Waals surface area contributed by atoms with E-state index in [1.165, 1.54) is 0 Å². The van der Waals surface area contributed by atoms with Crippen LogP contribution in [0.25, 0.3) is 22.4 Å². The Morgan fingerprint density at radius 2 is 1.66 bits per heavy atom. The number of hydrogen-bond donors (Lipinski definition) is 2. The monoisotopic (exact) mass is 484 g/mol. The molecule has 4 rings (SSSR count). The molecule has 6 heteroatoms. The van der Waals surface area contributed by atoms with E-state index in [4.69, 9.17) is 5.11 Å². The van der Waals surface area contributed by atoms with Crippen molar-refractivity contribution < 1.29 is 14.7 Å². The Labute approximate surface area is 210 Å². The van der Waals surface area contributed by atoms with Crippen LogP contribution < -0.4 is 5.32 Å². The molecule has 0 aliphatic heterocycles. The summed E-state index contributed by atoms with van der Waals surface area (Å²) in [4.78, 5) is 29.8. The van der Waals surface area contributed by atoms with E-state index >= 15 is 0 Å². The van der Waals surface area contributed by atoms with E-state index < -0.39 is 5.97 Å². The lowest BCUT2D eigenvalue weighted by atomic mass is 9.96. The van der Waals surface area contributed by atoms with Gasteiger partial charge >= 0.3 is 5.97 Å². The second kappa shape index (κ2) is 12.5. The summed E-state index contributed by atoms with van der Waals surface area (Å²) in [5.74, 6) is -1.13. The molecule has 1 aromatic heterocycles. The van der Waals surface area contributed by atoms with Crippen molar-refractivity contribution in [1.82, 2.24) is 4.98 Å². The van der Waals surface area contributed by atoms with Gasteiger partial charge in [0.25, 0.3) is 5.91 Å². The number of carboxylic acids is 1. The first-order chi connectivity index (χ1) is 17.0. The molecular weight excluding hydrogens is 456 g/mol. The van der Waals surface area contributed by atoms with Gasteiger partial charge in [-0.2, -0.15) is 0 Å². The van der Waals surface area contributed by atoms with Crippen LogP contribution in [0.1, 0.15) is 29.8 Å². The van der Waals surface area contributed by atoms with Crippen molar-refractivity contribution in [2.75, 3.05) is 11.6 Å². The van der Waals surface area contributed by atoms with Gasteiger partial charge in [-0.15, -0.1) is 11.8 Å². The second-order valence-electron chi connectivity index (χ2n) is 7.43. The van der Waals surface area contributed by atoms with Crippen LogP contribution in [0, 0.1) is 0 Å². The molecule has 0 saturated carbocycles. The number of carbonyl (C=O) groups excluding carboxylic acids is 1. The van der Waals surface area contributed by atoms with Gasteiger partial charge in [0.1, 0.15) is 0 Å². The fraction of sp³-hybridized carbons (Fsp3) is 0.138. The van der Waals surface area contributed by atoms with Crippen molar-refractivity contribution in [1.29, 1.82) is 0 Å². The predicted octanol–water partition coefficient (Wildman–Crippen LogP) is 7.04. The van der Waals surface area contributed by atoms with E-state index in [1.807, 2.05) is 99.0 Å². The van der Waals surface area contributed by atoms with Gasteiger partial charge in [0.2, 0.25) is 0 Å². The Morgan fingerprint density at radius 3 is 2.37 bits per heavy atom. The summed E-state index contributed by atoms with van der Waals surface area (Å²) in [6, 6.07) is 26.3. The first-order valence-corrected chi connectivity index (χ1v) is 12.6. The first kappa shape index (κ1) is 25.7. The van der Waals surface area contributed by atoms with Crippen molar-refractivity contribution in [3.8, 4) is 22.4 Å². The van der Waals surface area contributed by atoms with E-state index in [9.17, 15) is 9.59 Å².